The Labute approximate surface area is 152 Å². The van der Waals surface area contributed by atoms with Crippen molar-refractivity contribution in [3.05, 3.63) is 54.0 Å². The summed E-state index contributed by atoms with van der Waals surface area (Å²) in [7, 11) is -6.91. The van der Waals surface area contributed by atoms with E-state index in [9.17, 15) is 16.8 Å². The van der Waals surface area contributed by atoms with Crippen LogP contribution in [0.1, 0.15) is 30.7 Å². The van der Waals surface area contributed by atoms with Gasteiger partial charge >= 0.3 is 0 Å². The Balaban J connectivity index is 1.91. The lowest BCUT2D eigenvalue weighted by Crippen LogP contribution is -2.28. The number of sulfonamides is 2. The largest absolute Gasteiger partial charge is 0.467 e. The van der Waals surface area contributed by atoms with E-state index >= 15 is 0 Å². The minimum absolute atomic E-state index is 0.0712. The molecule has 0 amide bonds. The van der Waals surface area contributed by atoms with Crippen molar-refractivity contribution in [2.24, 2.45) is 5.10 Å². The molecule has 3 rings (SSSR count). The van der Waals surface area contributed by atoms with E-state index in [0.29, 0.717) is 23.6 Å². The van der Waals surface area contributed by atoms with Crippen molar-refractivity contribution in [2.45, 2.75) is 19.4 Å². The van der Waals surface area contributed by atoms with Crippen LogP contribution in [-0.2, 0) is 20.0 Å². The van der Waals surface area contributed by atoms with E-state index in [2.05, 4.69) is 9.82 Å². The maximum absolute atomic E-state index is 12.4. The molecule has 26 heavy (non-hydrogen) atoms. The molecule has 1 aromatic heterocycles. The second-order valence-electron chi connectivity index (χ2n) is 5.91. The minimum Gasteiger partial charge on any atom is -0.467 e. The SMILES string of the molecule is CCS(=O)(=O)N1N=C(c2ccc(NS(C)(=O)=O)cc2)C[C@@H]1c1ccco1. The lowest BCUT2D eigenvalue weighted by molar-refractivity contribution is 0.320. The molecule has 140 valence electrons. The number of hydrogen-bond acceptors (Lipinski definition) is 6. The molecule has 0 aliphatic carbocycles. The highest BCUT2D eigenvalue weighted by atomic mass is 32.2. The Kier molecular flexibility index (Phi) is 4.80. The van der Waals surface area contributed by atoms with Crippen LogP contribution in [0.2, 0.25) is 0 Å². The average molecular weight is 397 g/mol. The first-order valence-corrected chi connectivity index (χ1v) is 11.4. The van der Waals surface area contributed by atoms with Gasteiger partial charge in [0.2, 0.25) is 20.0 Å². The molecule has 2 heterocycles. The van der Waals surface area contributed by atoms with Crippen LogP contribution < -0.4 is 4.72 Å². The first-order chi connectivity index (χ1) is 12.2. The molecule has 8 nitrogen and oxygen atoms in total. The van der Waals surface area contributed by atoms with Crippen molar-refractivity contribution in [3.8, 4) is 0 Å². The van der Waals surface area contributed by atoms with Crippen molar-refractivity contribution in [1.29, 1.82) is 0 Å². The molecule has 0 unspecified atom stereocenters. The second-order valence-corrected chi connectivity index (χ2v) is 9.77. The van der Waals surface area contributed by atoms with Gasteiger partial charge in [-0.05, 0) is 36.8 Å². The molecular formula is C16H19N3O5S2. The van der Waals surface area contributed by atoms with Gasteiger partial charge in [0.15, 0.2) is 0 Å². The van der Waals surface area contributed by atoms with Crippen LogP contribution in [0, 0.1) is 0 Å². The fourth-order valence-electron chi connectivity index (χ4n) is 2.69. The van der Waals surface area contributed by atoms with E-state index in [1.807, 2.05) is 0 Å². The molecular weight excluding hydrogens is 378 g/mol. The molecule has 0 bridgehead atoms. The molecule has 0 radical (unpaired) electrons. The number of hydrazone groups is 1. The molecule has 1 N–H and O–H groups in total. The van der Waals surface area contributed by atoms with Gasteiger partial charge in [0.25, 0.3) is 0 Å². The third-order valence-corrected chi connectivity index (χ3v) is 6.16. The first-order valence-electron chi connectivity index (χ1n) is 7.91. The van der Waals surface area contributed by atoms with Crippen molar-refractivity contribution in [1.82, 2.24) is 4.41 Å². The van der Waals surface area contributed by atoms with E-state index in [0.717, 1.165) is 16.2 Å². The molecule has 1 aromatic carbocycles. The summed E-state index contributed by atoms with van der Waals surface area (Å²) < 4.78 is 56.2. The predicted octanol–water partition coefficient (Wildman–Crippen LogP) is 2.15. The Morgan fingerprint density at radius 1 is 1.19 bits per heavy atom. The average Bonchev–Trinajstić information content (AvgIpc) is 3.23. The summed E-state index contributed by atoms with van der Waals surface area (Å²) in [6.07, 6.45) is 2.94. The molecule has 2 aromatic rings. The van der Waals surface area contributed by atoms with Crippen LogP contribution >= 0.6 is 0 Å². The fourth-order valence-corrected chi connectivity index (χ4v) is 4.31. The van der Waals surface area contributed by atoms with Crippen LogP contribution in [0.15, 0.2) is 52.2 Å². The molecule has 1 atom stereocenters. The Morgan fingerprint density at radius 2 is 1.88 bits per heavy atom. The number of nitrogens with one attached hydrogen (secondary N) is 1. The maximum Gasteiger partial charge on any atom is 0.250 e. The van der Waals surface area contributed by atoms with Gasteiger partial charge in [0, 0.05) is 12.1 Å². The standard InChI is InChI=1S/C16H19N3O5S2/c1-3-26(22,23)19-15(16-5-4-10-24-16)11-14(17-19)12-6-8-13(9-7-12)18-25(2,20)21/h4-10,15,18H,3,11H2,1-2H3/t15-/m1/s1. The van der Waals surface area contributed by atoms with Crippen LogP contribution in [0.25, 0.3) is 0 Å². The number of rotatable bonds is 6. The summed E-state index contributed by atoms with van der Waals surface area (Å²) in [6.45, 7) is 1.56. The lowest BCUT2D eigenvalue weighted by Gasteiger charge is -2.20. The normalized spacial score (nSPS) is 18.0. The summed E-state index contributed by atoms with van der Waals surface area (Å²) in [5, 5.41) is 4.31. The number of anilines is 1. The Morgan fingerprint density at radius 3 is 2.42 bits per heavy atom. The summed E-state index contributed by atoms with van der Waals surface area (Å²) >= 11 is 0. The zero-order chi connectivity index (χ0) is 18.9. The Bertz CT molecular complexity index is 1010. The van der Waals surface area contributed by atoms with Gasteiger partial charge in [0.1, 0.15) is 11.8 Å². The lowest BCUT2D eigenvalue weighted by atomic mass is 10.0. The van der Waals surface area contributed by atoms with Gasteiger partial charge in [-0.2, -0.15) is 9.52 Å². The van der Waals surface area contributed by atoms with Crippen molar-refractivity contribution in [3.63, 3.8) is 0 Å². The van der Waals surface area contributed by atoms with Gasteiger partial charge in [-0.25, -0.2) is 16.8 Å². The quantitative estimate of drug-likeness (QED) is 0.803. The van der Waals surface area contributed by atoms with Gasteiger partial charge in [-0.1, -0.05) is 12.1 Å². The number of nitrogens with zero attached hydrogens (tertiary/aromatic N) is 2. The first kappa shape index (κ1) is 18.5. The molecule has 0 fully saturated rings. The van der Waals surface area contributed by atoms with Crippen LogP contribution in [0.4, 0.5) is 5.69 Å². The van der Waals surface area contributed by atoms with E-state index in [1.165, 1.54) is 6.26 Å². The molecule has 1 aliphatic rings. The van der Waals surface area contributed by atoms with Crippen molar-refractivity contribution >= 4 is 31.4 Å². The summed E-state index contributed by atoms with van der Waals surface area (Å²) in [5.41, 5.74) is 1.74. The zero-order valence-corrected chi connectivity index (χ0v) is 15.9. The molecule has 0 spiro atoms. The third-order valence-electron chi connectivity index (χ3n) is 3.92. The highest BCUT2D eigenvalue weighted by Crippen LogP contribution is 2.35. The highest BCUT2D eigenvalue weighted by Gasteiger charge is 2.37. The zero-order valence-electron chi connectivity index (χ0n) is 14.3. The number of furan rings is 1. The third kappa shape index (κ3) is 3.91. The fraction of sp³-hybridized carbons (Fsp3) is 0.312. The summed E-state index contributed by atoms with van der Waals surface area (Å²) in [6, 6.07) is 9.52. The predicted molar refractivity (Wildman–Crippen MR) is 98.8 cm³/mol. The smallest absolute Gasteiger partial charge is 0.250 e. The summed E-state index contributed by atoms with van der Waals surface area (Å²) in [5.74, 6) is 0.453. The summed E-state index contributed by atoms with van der Waals surface area (Å²) in [4.78, 5) is 0. The second kappa shape index (κ2) is 6.76. The van der Waals surface area contributed by atoms with Crippen molar-refractivity contribution < 1.29 is 21.3 Å². The van der Waals surface area contributed by atoms with E-state index in [-0.39, 0.29) is 5.75 Å². The van der Waals surface area contributed by atoms with Crippen molar-refractivity contribution in [2.75, 3.05) is 16.7 Å². The van der Waals surface area contributed by atoms with Gasteiger partial charge < -0.3 is 4.42 Å². The molecule has 0 saturated heterocycles. The van der Waals surface area contributed by atoms with Gasteiger partial charge in [-0.15, -0.1) is 0 Å². The number of hydrogen-bond donors (Lipinski definition) is 1. The monoisotopic (exact) mass is 397 g/mol. The van der Waals surface area contributed by atoms with Crippen LogP contribution in [0.3, 0.4) is 0 Å². The van der Waals surface area contributed by atoms with Crippen LogP contribution in [-0.4, -0.2) is 39.0 Å². The topological polar surface area (TPSA) is 109 Å². The van der Waals surface area contributed by atoms with E-state index in [4.69, 9.17) is 4.42 Å². The molecule has 1 aliphatic heterocycles. The van der Waals surface area contributed by atoms with Crippen LogP contribution in [0.5, 0.6) is 0 Å². The molecule has 10 heteroatoms. The van der Waals surface area contributed by atoms with E-state index in [1.54, 1.807) is 43.3 Å². The molecule has 0 saturated carbocycles. The highest BCUT2D eigenvalue weighted by molar-refractivity contribution is 7.92. The van der Waals surface area contributed by atoms with E-state index < -0.39 is 26.1 Å². The van der Waals surface area contributed by atoms with Gasteiger partial charge in [0.05, 0.1) is 24.0 Å². The van der Waals surface area contributed by atoms with Gasteiger partial charge in [-0.3, -0.25) is 4.72 Å². The number of benzene rings is 1. The Hall–Kier alpha value is -2.33. The minimum atomic E-state index is -3.55. The maximum atomic E-state index is 12.4.